The average molecular weight is 669 g/mol. The van der Waals surface area contributed by atoms with E-state index in [1.54, 1.807) is 10.9 Å². The molecule has 5 atom stereocenters. The minimum Gasteiger partial charge on any atom is -0.479 e. The summed E-state index contributed by atoms with van der Waals surface area (Å²) >= 11 is 0. The number of alkyl carbamates (subject to hydrolysis) is 1. The number of benzene rings is 2. The molecule has 2 aromatic carbocycles. The fourth-order valence-electron chi connectivity index (χ4n) is 6.99. The first kappa shape index (κ1) is 33.9. The summed E-state index contributed by atoms with van der Waals surface area (Å²) in [4.78, 5) is 54.9. The first-order valence-corrected chi connectivity index (χ1v) is 16.9. The molecule has 0 bridgehead atoms. The summed E-state index contributed by atoms with van der Waals surface area (Å²) in [7, 11) is 0. The number of rotatable bonds is 10. The lowest BCUT2D eigenvalue weighted by Gasteiger charge is -2.35. The molecule has 2 heterocycles. The van der Waals surface area contributed by atoms with Crippen LogP contribution in [0.4, 0.5) is 4.79 Å². The zero-order valence-electron chi connectivity index (χ0n) is 28.2. The maximum atomic E-state index is 14.4. The van der Waals surface area contributed by atoms with Gasteiger partial charge in [-0.15, -0.1) is 11.7 Å². The number of ether oxygens (including phenoxy) is 1. The van der Waals surface area contributed by atoms with Crippen molar-refractivity contribution in [1.29, 1.82) is 0 Å². The summed E-state index contributed by atoms with van der Waals surface area (Å²) in [5.74, 6) is -2.62. The summed E-state index contributed by atoms with van der Waals surface area (Å²) < 4.78 is 7.27. The number of aliphatic carboxylic acids is 1. The van der Waals surface area contributed by atoms with Crippen molar-refractivity contribution in [2.45, 2.75) is 89.1 Å². The van der Waals surface area contributed by atoms with E-state index in [1.165, 1.54) is 11.0 Å². The van der Waals surface area contributed by atoms with Crippen LogP contribution < -0.4 is 10.6 Å². The molecule has 0 unspecified atom stereocenters. The molecule has 3 amide bonds. The Kier molecular flexibility index (Phi) is 9.32. The Balaban J connectivity index is 1.24. The molecule has 49 heavy (non-hydrogen) atoms. The van der Waals surface area contributed by atoms with Gasteiger partial charge in [-0.1, -0.05) is 86.7 Å². The van der Waals surface area contributed by atoms with E-state index in [0.29, 0.717) is 5.69 Å². The number of nitrogens with one attached hydrogen (secondary N) is 2. The van der Waals surface area contributed by atoms with Gasteiger partial charge in [-0.3, -0.25) is 9.59 Å². The number of carbonyl (C=O) groups excluding carboxylic acids is 3. The minimum atomic E-state index is -1.47. The van der Waals surface area contributed by atoms with Gasteiger partial charge in [0, 0.05) is 24.4 Å². The third kappa shape index (κ3) is 7.09. The lowest BCUT2D eigenvalue weighted by Crippen LogP contribution is -2.59. The van der Waals surface area contributed by atoms with Gasteiger partial charge in [-0.05, 0) is 48.6 Å². The van der Waals surface area contributed by atoms with E-state index in [-0.39, 0.29) is 25.5 Å². The van der Waals surface area contributed by atoms with Crippen molar-refractivity contribution in [3.63, 3.8) is 0 Å². The van der Waals surface area contributed by atoms with Gasteiger partial charge >= 0.3 is 12.1 Å². The van der Waals surface area contributed by atoms with E-state index >= 15 is 0 Å². The number of carboxylic acid groups (broad SMARTS) is 1. The molecule has 1 aliphatic heterocycles. The Morgan fingerprint density at radius 1 is 1.02 bits per heavy atom. The second kappa shape index (κ2) is 13.5. The molecule has 258 valence electrons. The Hall–Kier alpha value is -5.00. The zero-order chi connectivity index (χ0) is 34.9. The molecule has 3 N–H and O–H groups in total. The molecule has 12 heteroatoms. The van der Waals surface area contributed by atoms with Crippen molar-refractivity contribution in [3.8, 4) is 22.4 Å². The highest BCUT2D eigenvalue weighted by Crippen LogP contribution is 2.45. The molecule has 3 aliphatic rings. The number of carboxylic acids is 1. The van der Waals surface area contributed by atoms with E-state index in [9.17, 15) is 24.3 Å². The van der Waals surface area contributed by atoms with E-state index in [0.717, 1.165) is 42.4 Å². The van der Waals surface area contributed by atoms with Gasteiger partial charge in [0.25, 0.3) is 0 Å². The SMILES string of the molecule is C=C[C@@H]1C[C@]1(NC(=O)[C@@H]1C[C@@H](n2cc(-c3ccc(-c4ccccc4)cc3)nn2)CN1C(=O)[C@@H](NC(=O)OC1CCCC1)C(C)(C)C)C(=O)O. The summed E-state index contributed by atoms with van der Waals surface area (Å²) in [6.07, 6.45) is 6.37. The topological polar surface area (TPSA) is 156 Å². The van der Waals surface area contributed by atoms with Crippen molar-refractivity contribution < 1.29 is 29.0 Å². The summed E-state index contributed by atoms with van der Waals surface area (Å²) in [6, 6.07) is 15.5. The second-order valence-corrected chi connectivity index (χ2v) is 14.5. The Morgan fingerprint density at radius 2 is 1.67 bits per heavy atom. The van der Waals surface area contributed by atoms with Crippen LogP contribution in [0.2, 0.25) is 0 Å². The van der Waals surface area contributed by atoms with E-state index in [4.69, 9.17) is 4.74 Å². The molecule has 12 nitrogen and oxygen atoms in total. The Labute approximate surface area is 285 Å². The molecule has 2 saturated carbocycles. The van der Waals surface area contributed by atoms with Crippen LogP contribution in [0.1, 0.15) is 65.3 Å². The highest BCUT2D eigenvalue weighted by molar-refractivity contribution is 5.96. The van der Waals surface area contributed by atoms with Crippen molar-refractivity contribution in [2.24, 2.45) is 11.3 Å². The third-order valence-corrected chi connectivity index (χ3v) is 10.0. The monoisotopic (exact) mass is 668 g/mol. The molecule has 2 aliphatic carbocycles. The number of hydrogen-bond acceptors (Lipinski definition) is 7. The van der Waals surface area contributed by atoms with Crippen LogP contribution in [0, 0.1) is 11.3 Å². The lowest BCUT2D eigenvalue weighted by atomic mass is 9.85. The van der Waals surface area contributed by atoms with Crippen molar-refractivity contribution in [3.05, 3.63) is 73.4 Å². The smallest absolute Gasteiger partial charge is 0.408 e. The van der Waals surface area contributed by atoms with Crippen molar-refractivity contribution in [2.75, 3.05) is 6.54 Å². The van der Waals surface area contributed by atoms with Crippen LogP contribution in [0.25, 0.3) is 22.4 Å². The van der Waals surface area contributed by atoms with E-state index in [1.807, 2.05) is 75.4 Å². The normalized spacial score (nSPS) is 24.2. The molecule has 1 aromatic heterocycles. The number of nitrogens with zero attached hydrogens (tertiary/aromatic N) is 4. The van der Waals surface area contributed by atoms with Gasteiger partial charge in [0.15, 0.2) is 0 Å². The molecule has 3 aromatic rings. The van der Waals surface area contributed by atoms with Crippen LogP contribution in [0.5, 0.6) is 0 Å². The average Bonchev–Trinajstić information content (AvgIpc) is 3.54. The van der Waals surface area contributed by atoms with E-state index < -0.39 is 58.9 Å². The molecule has 3 fully saturated rings. The Bertz CT molecular complexity index is 1710. The highest BCUT2D eigenvalue weighted by Gasteiger charge is 2.61. The second-order valence-electron chi connectivity index (χ2n) is 14.5. The summed E-state index contributed by atoms with van der Waals surface area (Å²) in [6.45, 7) is 9.31. The number of likely N-dealkylation sites (tertiary alicyclic amines) is 1. The maximum absolute atomic E-state index is 14.4. The molecule has 0 radical (unpaired) electrons. The number of carbonyl (C=O) groups is 4. The first-order chi connectivity index (χ1) is 23.4. The standard InChI is InChI=1S/C37H44N6O6/c1-5-26-20-37(26,34(46)47)39-32(44)30-19-27(21-42(30)33(45)31(36(2,3)4)38-35(48)49-28-13-9-10-14-28)43-22-29(40-41-43)25-17-15-24(16-18-25)23-11-7-6-8-12-23/h5-8,11-12,15-18,22,26-28,30-31H,1,9-10,13-14,19-21H2,2-4H3,(H,38,48)(H,39,44)(H,46,47)/t26-,27-,30+,31-,37-/m1/s1. The maximum Gasteiger partial charge on any atom is 0.408 e. The first-order valence-electron chi connectivity index (χ1n) is 16.9. The van der Waals surface area contributed by atoms with Gasteiger partial charge < -0.3 is 25.4 Å². The number of amides is 3. The van der Waals surface area contributed by atoms with Crippen LogP contribution in [-0.4, -0.2) is 79.1 Å². The molecule has 1 saturated heterocycles. The van der Waals surface area contributed by atoms with Gasteiger partial charge in [-0.25, -0.2) is 14.3 Å². The number of hydrogen-bond donors (Lipinski definition) is 3. The van der Waals surface area contributed by atoms with Crippen molar-refractivity contribution in [1.82, 2.24) is 30.5 Å². The van der Waals surface area contributed by atoms with E-state index in [2.05, 4.69) is 27.5 Å². The quantitative estimate of drug-likeness (QED) is 0.256. The van der Waals surface area contributed by atoms with Gasteiger partial charge in [0.1, 0.15) is 29.4 Å². The van der Waals surface area contributed by atoms with Crippen molar-refractivity contribution >= 4 is 23.9 Å². The predicted octanol–water partition coefficient (Wildman–Crippen LogP) is 4.98. The molecular weight excluding hydrogens is 624 g/mol. The van der Waals surface area contributed by atoms with Gasteiger partial charge in [0.05, 0.1) is 12.2 Å². The lowest BCUT2D eigenvalue weighted by molar-refractivity contribution is -0.146. The predicted molar refractivity (Wildman–Crippen MR) is 182 cm³/mol. The van der Waals surface area contributed by atoms with Crippen LogP contribution in [-0.2, 0) is 19.1 Å². The third-order valence-electron chi connectivity index (χ3n) is 10.0. The van der Waals surface area contributed by atoms with Gasteiger partial charge in [-0.2, -0.15) is 0 Å². The van der Waals surface area contributed by atoms with Crippen LogP contribution in [0.3, 0.4) is 0 Å². The molecule has 0 spiro atoms. The fourth-order valence-corrected chi connectivity index (χ4v) is 6.99. The summed E-state index contributed by atoms with van der Waals surface area (Å²) in [5, 5.41) is 24.3. The largest absolute Gasteiger partial charge is 0.479 e. The highest BCUT2D eigenvalue weighted by atomic mass is 16.6. The summed E-state index contributed by atoms with van der Waals surface area (Å²) in [5.41, 5.74) is 1.46. The van der Waals surface area contributed by atoms with Gasteiger partial charge in [0.2, 0.25) is 11.8 Å². The minimum absolute atomic E-state index is 0.101. The molecular formula is C37H44N6O6. The zero-order valence-corrected chi connectivity index (χ0v) is 28.2. The number of aromatic nitrogens is 3. The fraction of sp³-hybridized carbons (Fsp3) is 0.459. The molecule has 6 rings (SSSR count). The van der Waals surface area contributed by atoms with Crippen LogP contribution in [0.15, 0.2) is 73.4 Å². The Morgan fingerprint density at radius 3 is 2.29 bits per heavy atom. The van der Waals surface area contributed by atoms with Crippen LogP contribution >= 0.6 is 0 Å².